The lowest BCUT2D eigenvalue weighted by atomic mass is 10.0. The number of methoxy groups -OCH3 is 2. The van der Waals surface area contributed by atoms with Crippen LogP contribution in [0.4, 0.5) is 0 Å². The zero-order valence-corrected chi connectivity index (χ0v) is 27.4. The molecule has 2 heterocycles. The molecule has 6 nitrogen and oxygen atoms in total. The summed E-state index contributed by atoms with van der Waals surface area (Å²) in [6.07, 6.45) is 2.80. The molecular formula is C31H40Cl2N2O4S2. The van der Waals surface area contributed by atoms with Gasteiger partial charge in [0.25, 0.3) is 0 Å². The summed E-state index contributed by atoms with van der Waals surface area (Å²) in [4.78, 5) is 2.75. The number of halogens is 2. The van der Waals surface area contributed by atoms with Crippen molar-refractivity contribution in [3.63, 3.8) is 0 Å². The zero-order valence-electron chi connectivity index (χ0n) is 24.2. The minimum Gasteiger partial charge on any atom is -1.00 e. The Morgan fingerprint density at radius 1 is 0.585 bits per heavy atom. The summed E-state index contributed by atoms with van der Waals surface area (Å²) in [6.45, 7) is 8.82. The first-order chi connectivity index (χ1) is 19.1. The molecule has 0 fully saturated rings. The maximum absolute atomic E-state index is 6.01. The third-order valence-corrected chi connectivity index (χ3v) is 9.12. The van der Waals surface area contributed by atoms with Crippen LogP contribution in [-0.2, 0) is 41.8 Å². The van der Waals surface area contributed by atoms with Crippen LogP contribution in [0.25, 0.3) is 0 Å². The van der Waals surface area contributed by atoms with Gasteiger partial charge in [0.1, 0.15) is 24.7 Å². The molecule has 0 amide bonds. The minimum absolute atomic E-state index is 0. The lowest BCUT2D eigenvalue weighted by Gasteiger charge is -2.08. The van der Waals surface area contributed by atoms with Crippen molar-refractivity contribution in [2.24, 2.45) is 0 Å². The largest absolute Gasteiger partial charge is 1.00 e. The molecule has 0 atom stereocenters. The highest BCUT2D eigenvalue weighted by molar-refractivity contribution is 7.09. The van der Waals surface area contributed by atoms with Gasteiger partial charge in [0.2, 0.25) is 11.0 Å². The number of thiazole rings is 2. The Hall–Kier alpha value is -2.20. The number of hydrogen-bond acceptors (Lipinski definition) is 6. The quantitative estimate of drug-likeness (QED) is 0.150. The molecule has 224 valence electrons. The topological polar surface area (TPSA) is 44.7 Å². The minimum atomic E-state index is 0. The summed E-state index contributed by atoms with van der Waals surface area (Å²) < 4.78 is 27.0. The number of aromatic nitrogens is 2. The van der Waals surface area contributed by atoms with Crippen molar-refractivity contribution < 1.29 is 52.9 Å². The second-order valence-corrected chi connectivity index (χ2v) is 11.4. The van der Waals surface area contributed by atoms with Crippen LogP contribution in [0, 0.1) is 13.8 Å². The fraction of sp³-hybridized carbons (Fsp3) is 0.419. The Labute approximate surface area is 264 Å². The van der Waals surface area contributed by atoms with Gasteiger partial charge in [-0.05, 0) is 41.8 Å². The summed E-state index contributed by atoms with van der Waals surface area (Å²) in [7, 11) is 3.49. The van der Waals surface area contributed by atoms with Crippen LogP contribution in [0.5, 0.6) is 11.5 Å². The van der Waals surface area contributed by atoms with Crippen LogP contribution < -0.4 is 43.4 Å². The van der Waals surface area contributed by atoms with Gasteiger partial charge in [-0.15, -0.1) is 0 Å². The van der Waals surface area contributed by atoms with Gasteiger partial charge in [-0.25, -0.2) is 0 Å². The fourth-order valence-corrected chi connectivity index (χ4v) is 6.39. The Kier molecular flexibility index (Phi) is 15.7. The molecule has 4 aromatic rings. The van der Waals surface area contributed by atoms with Crippen LogP contribution >= 0.6 is 22.7 Å². The van der Waals surface area contributed by atoms with Gasteiger partial charge >= 0.3 is 0 Å². The van der Waals surface area contributed by atoms with E-state index in [1.165, 1.54) is 32.3 Å². The van der Waals surface area contributed by atoms with E-state index < -0.39 is 0 Å². The van der Waals surface area contributed by atoms with E-state index in [1.807, 2.05) is 0 Å². The summed E-state index contributed by atoms with van der Waals surface area (Å²) in [6, 6.07) is 16.8. The molecule has 4 rings (SSSR count). The maximum atomic E-state index is 6.01. The van der Waals surface area contributed by atoms with E-state index in [9.17, 15) is 0 Å². The number of rotatable bonds is 16. The smallest absolute Gasteiger partial charge is 0.225 e. The van der Waals surface area contributed by atoms with Crippen molar-refractivity contribution >= 4 is 22.7 Å². The molecule has 0 bridgehead atoms. The van der Waals surface area contributed by atoms with E-state index in [2.05, 4.69) is 82.5 Å². The molecule has 0 spiro atoms. The molecule has 0 unspecified atom stereocenters. The van der Waals surface area contributed by atoms with E-state index in [1.54, 1.807) is 36.9 Å². The first kappa shape index (κ1) is 35.0. The number of hydrogen-bond donors (Lipinski definition) is 0. The van der Waals surface area contributed by atoms with E-state index in [-0.39, 0.29) is 24.8 Å². The first-order valence-electron chi connectivity index (χ1n) is 13.4. The average Bonchev–Trinajstić information content (AvgIpc) is 3.49. The van der Waals surface area contributed by atoms with Gasteiger partial charge < -0.3 is 43.8 Å². The van der Waals surface area contributed by atoms with Gasteiger partial charge in [-0.3, -0.25) is 0 Å². The van der Waals surface area contributed by atoms with Crippen molar-refractivity contribution in [1.29, 1.82) is 0 Å². The third kappa shape index (κ3) is 10.5. The lowest BCUT2D eigenvalue weighted by Crippen LogP contribution is -3.00. The second kappa shape index (κ2) is 18.4. The molecule has 0 saturated heterocycles. The predicted octanol–water partition coefficient (Wildman–Crippen LogP) is -0.864. The summed E-state index contributed by atoms with van der Waals surface area (Å²) in [5.41, 5.74) is 9.47. The number of ether oxygens (including phenoxy) is 4. The van der Waals surface area contributed by atoms with Gasteiger partial charge in [0.15, 0.2) is 24.5 Å². The standard InChI is InChI=1S/C31H40N2O4S2.2ClH/c1-24-30(13-17-34-3)38-22-32(24)15-19-36-28-9-5-26(6-10-28)21-27-7-11-29(12-8-27)37-20-16-33-23-39-31(25(33)2)14-18-35-4;;/h5-12,22-23H,13-21H2,1-4H3;2*1H/q+2;;/p-2. The Bertz CT molecular complexity index is 1190. The van der Waals surface area contributed by atoms with Crippen molar-refractivity contribution in [2.75, 3.05) is 40.6 Å². The number of benzene rings is 2. The van der Waals surface area contributed by atoms with Crippen molar-refractivity contribution in [2.45, 2.75) is 46.2 Å². The Morgan fingerprint density at radius 2 is 0.976 bits per heavy atom. The van der Waals surface area contributed by atoms with Crippen molar-refractivity contribution in [3.05, 3.63) is 91.8 Å². The Balaban J connectivity index is 0.00000294. The van der Waals surface area contributed by atoms with Gasteiger partial charge in [0, 0.05) is 40.9 Å². The van der Waals surface area contributed by atoms with Gasteiger partial charge in [-0.2, -0.15) is 9.13 Å². The predicted molar refractivity (Wildman–Crippen MR) is 156 cm³/mol. The average molecular weight is 640 g/mol. The monoisotopic (exact) mass is 638 g/mol. The summed E-state index contributed by atoms with van der Waals surface area (Å²) in [5, 5.41) is 0. The van der Waals surface area contributed by atoms with Crippen LogP contribution in [0.2, 0.25) is 0 Å². The second-order valence-electron chi connectivity index (χ2n) is 9.50. The molecule has 0 N–H and O–H groups in total. The molecular weight excluding hydrogens is 599 g/mol. The molecule has 0 aliphatic carbocycles. The van der Waals surface area contributed by atoms with E-state index in [0.29, 0.717) is 13.2 Å². The molecule has 2 aromatic heterocycles. The van der Waals surface area contributed by atoms with Crippen LogP contribution in [0.15, 0.2) is 59.6 Å². The highest BCUT2D eigenvalue weighted by atomic mass is 35.5. The lowest BCUT2D eigenvalue weighted by molar-refractivity contribution is -0.699. The van der Waals surface area contributed by atoms with Crippen LogP contribution in [0.3, 0.4) is 0 Å². The third-order valence-electron chi connectivity index (χ3n) is 6.84. The summed E-state index contributed by atoms with van der Waals surface area (Å²) in [5.74, 6) is 1.81. The summed E-state index contributed by atoms with van der Waals surface area (Å²) >= 11 is 3.57. The Morgan fingerprint density at radius 3 is 1.34 bits per heavy atom. The van der Waals surface area contributed by atoms with Crippen molar-refractivity contribution in [1.82, 2.24) is 0 Å². The van der Waals surface area contributed by atoms with E-state index in [4.69, 9.17) is 18.9 Å². The SMILES string of the molecule is COCCc1sc[n+](CCOc2ccc(Cc3ccc(OCC[n+]4csc(CCOC)c4C)cc3)cc2)c1C.[Cl-].[Cl-]. The van der Waals surface area contributed by atoms with Gasteiger partial charge in [-0.1, -0.05) is 46.9 Å². The van der Waals surface area contributed by atoms with Crippen molar-refractivity contribution in [3.8, 4) is 11.5 Å². The molecule has 0 saturated carbocycles. The van der Waals surface area contributed by atoms with E-state index >= 15 is 0 Å². The maximum Gasteiger partial charge on any atom is 0.225 e. The highest BCUT2D eigenvalue weighted by Gasteiger charge is 2.16. The molecule has 0 radical (unpaired) electrons. The van der Waals surface area contributed by atoms with Crippen LogP contribution in [-0.4, -0.2) is 40.6 Å². The molecule has 10 heteroatoms. The first-order valence-corrected chi connectivity index (χ1v) is 15.2. The number of nitrogens with zero attached hydrogens (tertiary/aromatic N) is 2. The van der Waals surface area contributed by atoms with Gasteiger partial charge in [0.05, 0.1) is 23.0 Å². The normalized spacial score (nSPS) is 10.6. The molecule has 41 heavy (non-hydrogen) atoms. The highest BCUT2D eigenvalue weighted by Crippen LogP contribution is 2.19. The fourth-order valence-electron chi connectivity index (χ4n) is 4.38. The van der Waals surface area contributed by atoms with E-state index in [0.717, 1.165) is 57.1 Å². The van der Waals surface area contributed by atoms with Crippen LogP contribution in [0.1, 0.15) is 32.3 Å². The molecule has 0 aliphatic rings. The molecule has 2 aromatic carbocycles. The molecule has 0 aliphatic heterocycles. The zero-order chi connectivity index (χ0) is 27.5.